The molecule has 5 rings (SSSR count). The molecular formula is C26H27N5OS2. The van der Waals surface area contributed by atoms with Crippen LogP contribution in [0.5, 0.6) is 0 Å². The smallest absolute Gasteiger partial charge is 0.233 e. The van der Waals surface area contributed by atoms with Gasteiger partial charge in [-0.15, -0.1) is 21.5 Å². The summed E-state index contributed by atoms with van der Waals surface area (Å²) in [5.74, 6) is 1.39. The molecule has 3 heterocycles. The molecule has 4 aromatic rings. The van der Waals surface area contributed by atoms with Gasteiger partial charge in [0.15, 0.2) is 5.16 Å². The summed E-state index contributed by atoms with van der Waals surface area (Å²) in [5.41, 5.74) is 2.19. The number of thiophene rings is 1. The molecular weight excluding hydrogens is 462 g/mol. The molecule has 1 amide bonds. The summed E-state index contributed by atoms with van der Waals surface area (Å²) in [6.45, 7) is 4.34. The molecule has 34 heavy (non-hydrogen) atoms. The molecule has 2 aromatic heterocycles. The molecule has 0 saturated carbocycles. The van der Waals surface area contributed by atoms with E-state index in [1.165, 1.54) is 22.2 Å². The van der Waals surface area contributed by atoms with Gasteiger partial charge in [-0.05, 0) is 29.1 Å². The first-order valence-corrected chi connectivity index (χ1v) is 13.3. The normalized spacial score (nSPS) is 14.4. The number of rotatable bonds is 8. The van der Waals surface area contributed by atoms with Gasteiger partial charge in [-0.25, -0.2) is 0 Å². The van der Waals surface area contributed by atoms with E-state index in [1.54, 1.807) is 11.3 Å². The lowest BCUT2D eigenvalue weighted by Crippen LogP contribution is -2.48. The van der Waals surface area contributed by atoms with Crippen LogP contribution in [0.1, 0.15) is 16.3 Å². The van der Waals surface area contributed by atoms with Crippen LogP contribution in [0.3, 0.4) is 0 Å². The largest absolute Gasteiger partial charge is 0.339 e. The first kappa shape index (κ1) is 22.8. The summed E-state index contributed by atoms with van der Waals surface area (Å²) < 4.78 is 2.07. The molecule has 0 N–H and O–H groups in total. The number of carbonyl (C=O) groups is 1. The Labute approximate surface area is 208 Å². The van der Waals surface area contributed by atoms with Gasteiger partial charge < -0.3 is 4.90 Å². The van der Waals surface area contributed by atoms with Crippen LogP contribution in [-0.2, 0) is 17.8 Å². The van der Waals surface area contributed by atoms with Crippen molar-refractivity contribution in [1.82, 2.24) is 24.6 Å². The molecule has 2 aromatic carbocycles. The van der Waals surface area contributed by atoms with Crippen LogP contribution >= 0.6 is 23.1 Å². The van der Waals surface area contributed by atoms with Gasteiger partial charge in [0, 0.05) is 49.7 Å². The van der Waals surface area contributed by atoms with E-state index in [0.717, 1.165) is 49.4 Å². The van der Waals surface area contributed by atoms with Crippen molar-refractivity contribution in [2.75, 3.05) is 31.9 Å². The molecule has 1 aliphatic rings. The third-order valence-corrected chi connectivity index (χ3v) is 7.70. The summed E-state index contributed by atoms with van der Waals surface area (Å²) in [4.78, 5) is 18.7. The van der Waals surface area contributed by atoms with Crippen LogP contribution in [0.25, 0.3) is 5.69 Å². The molecule has 0 atom stereocenters. The molecule has 1 saturated heterocycles. The van der Waals surface area contributed by atoms with E-state index in [2.05, 4.69) is 61.4 Å². The number of hydrogen-bond acceptors (Lipinski definition) is 6. The maximum absolute atomic E-state index is 13.0. The second kappa shape index (κ2) is 11.0. The number of benzene rings is 2. The second-order valence-corrected chi connectivity index (χ2v) is 10.2. The van der Waals surface area contributed by atoms with Crippen molar-refractivity contribution in [3.63, 3.8) is 0 Å². The Morgan fingerprint density at radius 2 is 1.62 bits per heavy atom. The fourth-order valence-electron chi connectivity index (χ4n) is 4.12. The predicted octanol–water partition coefficient (Wildman–Crippen LogP) is 4.36. The van der Waals surface area contributed by atoms with Crippen molar-refractivity contribution >= 4 is 29.0 Å². The third kappa shape index (κ3) is 5.58. The zero-order valence-electron chi connectivity index (χ0n) is 18.9. The Bertz CT molecular complexity index is 1190. The number of nitrogens with zero attached hydrogens (tertiary/aromatic N) is 5. The van der Waals surface area contributed by atoms with Crippen molar-refractivity contribution in [2.45, 2.75) is 18.1 Å². The topological polar surface area (TPSA) is 54.3 Å². The number of amides is 1. The lowest BCUT2D eigenvalue weighted by atomic mass is 10.1. The molecule has 0 unspecified atom stereocenters. The van der Waals surface area contributed by atoms with Gasteiger partial charge in [-0.3, -0.25) is 14.3 Å². The SMILES string of the molecule is O=C(CSc1nnc(Cc2ccccc2)n1-c1ccccc1)N1CCN(Cc2cccs2)CC1. The lowest BCUT2D eigenvalue weighted by Gasteiger charge is -2.34. The summed E-state index contributed by atoms with van der Waals surface area (Å²) in [5, 5.41) is 11.8. The average Bonchev–Trinajstić information content (AvgIpc) is 3.54. The van der Waals surface area contributed by atoms with Crippen LogP contribution < -0.4 is 0 Å². The van der Waals surface area contributed by atoms with Gasteiger partial charge in [0.05, 0.1) is 5.75 Å². The van der Waals surface area contributed by atoms with Crippen molar-refractivity contribution < 1.29 is 4.79 Å². The molecule has 6 nitrogen and oxygen atoms in total. The Morgan fingerprint density at radius 1 is 0.882 bits per heavy atom. The van der Waals surface area contributed by atoms with Gasteiger partial charge >= 0.3 is 0 Å². The highest BCUT2D eigenvalue weighted by molar-refractivity contribution is 7.99. The molecule has 0 spiro atoms. The van der Waals surface area contributed by atoms with Crippen molar-refractivity contribution in [2.24, 2.45) is 0 Å². The van der Waals surface area contributed by atoms with E-state index in [0.29, 0.717) is 12.2 Å². The van der Waals surface area contributed by atoms with Gasteiger partial charge in [0.25, 0.3) is 0 Å². The lowest BCUT2D eigenvalue weighted by molar-refractivity contribution is -0.130. The number of thioether (sulfide) groups is 1. The maximum atomic E-state index is 13.0. The summed E-state index contributed by atoms with van der Waals surface area (Å²) in [7, 11) is 0. The predicted molar refractivity (Wildman–Crippen MR) is 138 cm³/mol. The first-order valence-electron chi connectivity index (χ1n) is 11.5. The summed E-state index contributed by atoms with van der Waals surface area (Å²) in [6.07, 6.45) is 0.684. The highest BCUT2D eigenvalue weighted by Gasteiger charge is 2.23. The average molecular weight is 490 g/mol. The molecule has 8 heteroatoms. The number of para-hydroxylation sites is 1. The highest BCUT2D eigenvalue weighted by atomic mass is 32.2. The first-order chi connectivity index (χ1) is 16.8. The molecule has 1 fully saturated rings. The zero-order chi connectivity index (χ0) is 23.2. The summed E-state index contributed by atoms with van der Waals surface area (Å²) >= 11 is 3.26. The monoisotopic (exact) mass is 489 g/mol. The van der Waals surface area contributed by atoms with Gasteiger partial charge in [-0.2, -0.15) is 0 Å². The highest BCUT2D eigenvalue weighted by Crippen LogP contribution is 2.24. The summed E-state index contributed by atoms with van der Waals surface area (Å²) in [6, 6.07) is 24.7. The number of carbonyl (C=O) groups excluding carboxylic acids is 1. The standard InChI is InChI=1S/C26H27N5OS2/c32-25(30-15-13-29(14-16-30)19-23-12-7-17-33-23)20-34-26-28-27-24(18-21-8-3-1-4-9-21)31(26)22-10-5-2-6-11-22/h1-12,17H,13-16,18-20H2. The molecule has 0 radical (unpaired) electrons. The number of hydrogen-bond donors (Lipinski definition) is 0. The zero-order valence-corrected chi connectivity index (χ0v) is 20.5. The number of piperazine rings is 1. The molecule has 174 valence electrons. The Morgan fingerprint density at radius 3 is 2.32 bits per heavy atom. The van der Waals surface area contributed by atoms with Gasteiger partial charge in [0.2, 0.25) is 5.91 Å². The Hall–Kier alpha value is -2.94. The van der Waals surface area contributed by atoms with Gasteiger partial charge in [-0.1, -0.05) is 66.4 Å². The van der Waals surface area contributed by atoms with E-state index < -0.39 is 0 Å². The fraction of sp³-hybridized carbons (Fsp3) is 0.269. The van der Waals surface area contributed by atoms with Crippen molar-refractivity contribution in [1.29, 1.82) is 0 Å². The van der Waals surface area contributed by atoms with Crippen LogP contribution in [0.15, 0.2) is 83.3 Å². The van der Waals surface area contributed by atoms with Crippen LogP contribution in [0, 0.1) is 0 Å². The Kier molecular flexibility index (Phi) is 7.38. The molecule has 1 aliphatic heterocycles. The van der Waals surface area contributed by atoms with Crippen molar-refractivity contribution in [3.05, 3.63) is 94.4 Å². The van der Waals surface area contributed by atoms with Gasteiger partial charge in [0.1, 0.15) is 5.82 Å². The minimum Gasteiger partial charge on any atom is -0.339 e. The molecule has 0 bridgehead atoms. The molecule has 0 aliphatic carbocycles. The quantitative estimate of drug-likeness (QED) is 0.344. The minimum atomic E-state index is 0.160. The van der Waals surface area contributed by atoms with E-state index in [1.807, 2.05) is 41.3 Å². The van der Waals surface area contributed by atoms with Crippen molar-refractivity contribution in [3.8, 4) is 5.69 Å². The van der Waals surface area contributed by atoms with E-state index in [9.17, 15) is 4.79 Å². The van der Waals surface area contributed by atoms with E-state index in [-0.39, 0.29) is 5.91 Å². The Balaban J connectivity index is 1.23. The van der Waals surface area contributed by atoms with E-state index in [4.69, 9.17) is 0 Å². The van der Waals surface area contributed by atoms with Crippen LogP contribution in [0.2, 0.25) is 0 Å². The third-order valence-electron chi connectivity index (χ3n) is 5.93. The number of aromatic nitrogens is 3. The maximum Gasteiger partial charge on any atom is 0.233 e. The van der Waals surface area contributed by atoms with Crippen LogP contribution in [-0.4, -0.2) is 62.4 Å². The fourth-order valence-corrected chi connectivity index (χ4v) is 5.74. The minimum absolute atomic E-state index is 0.160. The van der Waals surface area contributed by atoms with Crippen LogP contribution in [0.4, 0.5) is 0 Å². The van der Waals surface area contributed by atoms with E-state index >= 15 is 0 Å². The second-order valence-electron chi connectivity index (χ2n) is 8.26.